The van der Waals surface area contributed by atoms with E-state index in [4.69, 9.17) is 0 Å². The summed E-state index contributed by atoms with van der Waals surface area (Å²) in [7, 11) is -4.09. The molecule has 0 bridgehead atoms. The molecule has 0 saturated carbocycles. The monoisotopic (exact) mass is 487 g/mol. The topological polar surface area (TPSA) is 55.4 Å². The summed E-state index contributed by atoms with van der Waals surface area (Å²) < 4.78 is 68.8. The fourth-order valence-corrected chi connectivity index (χ4v) is 4.27. The van der Waals surface area contributed by atoms with Crippen LogP contribution in [-0.4, -0.2) is 14.8 Å². The number of halogens is 5. The lowest BCUT2D eigenvalue weighted by atomic mass is 10.2. The van der Waals surface area contributed by atoms with Crippen molar-refractivity contribution in [1.82, 2.24) is 0 Å². The highest BCUT2D eigenvalue weighted by molar-refractivity contribution is 9.11. The molecule has 2 aromatic rings. The molecule has 0 aliphatic heterocycles. The molecule has 10 heteroatoms. The van der Waals surface area contributed by atoms with Crippen LogP contribution in [0.25, 0.3) is 0 Å². The van der Waals surface area contributed by atoms with E-state index in [2.05, 4.69) is 41.3 Å². The number of benzene rings is 2. The van der Waals surface area contributed by atoms with Gasteiger partial charge >= 0.3 is 6.36 Å². The second kappa shape index (κ2) is 6.93. The first kappa shape index (κ1) is 19.1. The highest BCUT2D eigenvalue weighted by atomic mass is 79.9. The average molecular weight is 489 g/mol. The molecule has 1 N–H and O–H groups in total. The van der Waals surface area contributed by atoms with Crippen LogP contribution in [-0.2, 0) is 10.0 Å². The largest absolute Gasteiger partial charge is 0.573 e. The van der Waals surface area contributed by atoms with Crippen LogP contribution in [0.3, 0.4) is 0 Å². The SMILES string of the molecule is Cc1ccc(S(=O)(=O)Nc2c(Br)cc(Br)cc2OC(F)(F)F)cc1. The van der Waals surface area contributed by atoms with E-state index in [9.17, 15) is 21.6 Å². The van der Waals surface area contributed by atoms with Crippen molar-refractivity contribution in [2.45, 2.75) is 18.2 Å². The number of hydrogen-bond acceptors (Lipinski definition) is 3. The van der Waals surface area contributed by atoms with Crippen molar-refractivity contribution in [3.05, 3.63) is 50.9 Å². The molecule has 0 spiro atoms. The molecular weight excluding hydrogens is 479 g/mol. The van der Waals surface area contributed by atoms with Crippen LogP contribution in [0.15, 0.2) is 50.2 Å². The number of sulfonamides is 1. The highest BCUT2D eigenvalue weighted by Gasteiger charge is 2.33. The molecule has 4 nitrogen and oxygen atoms in total. The van der Waals surface area contributed by atoms with Crippen LogP contribution in [0.1, 0.15) is 5.56 Å². The van der Waals surface area contributed by atoms with E-state index >= 15 is 0 Å². The maximum Gasteiger partial charge on any atom is 0.573 e. The number of alkyl halides is 3. The Bertz CT molecular complexity index is 853. The van der Waals surface area contributed by atoms with Crippen molar-refractivity contribution >= 4 is 47.6 Å². The number of hydrogen-bond donors (Lipinski definition) is 1. The van der Waals surface area contributed by atoms with Crippen molar-refractivity contribution in [1.29, 1.82) is 0 Å². The Morgan fingerprint density at radius 1 is 1.08 bits per heavy atom. The maximum absolute atomic E-state index is 12.6. The van der Waals surface area contributed by atoms with E-state index in [0.29, 0.717) is 0 Å². The molecule has 0 heterocycles. The molecule has 0 fully saturated rings. The molecule has 0 radical (unpaired) electrons. The summed E-state index contributed by atoms with van der Waals surface area (Å²) in [4.78, 5) is -0.0825. The Hall–Kier alpha value is -1.26. The number of anilines is 1. The fraction of sp³-hybridized carbons (Fsp3) is 0.143. The van der Waals surface area contributed by atoms with Crippen molar-refractivity contribution < 1.29 is 26.3 Å². The zero-order chi connectivity index (χ0) is 18.1. The van der Waals surface area contributed by atoms with Gasteiger partial charge in [0.2, 0.25) is 0 Å². The first-order chi connectivity index (χ1) is 11.0. The van der Waals surface area contributed by atoms with Crippen LogP contribution < -0.4 is 9.46 Å². The Morgan fingerprint density at radius 3 is 2.21 bits per heavy atom. The van der Waals surface area contributed by atoms with Crippen LogP contribution in [0.5, 0.6) is 5.75 Å². The highest BCUT2D eigenvalue weighted by Crippen LogP contribution is 2.40. The summed E-state index contributed by atoms with van der Waals surface area (Å²) in [5.41, 5.74) is 0.496. The average Bonchev–Trinajstić information content (AvgIpc) is 2.41. The standard InChI is InChI=1S/C14H10Br2F3NO3S/c1-8-2-4-10(5-3-8)24(21,22)20-13-11(16)6-9(15)7-12(13)23-14(17,18)19/h2-7,20H,1H3. The maximum atomic E-state index is 12.6. The smallest absolute Gasteiger partial charge is 0.403 e. The minimum atomic E-state index is -4.97. The lowest BCUT2D eigenvalue weighted by Gasteiger charge is -2.17. The second-order valence-corrected chi connectivity index (χ2v) is 8.18. The Labute approximate surface area is 153 Å². The summed E-state index contributed by atoms with van der Waals surface area (Å²) in [5.74, 6) is -0.681. The normalized spacial score (nSPS) is 12.1. The molecule has 0 aliphatic carbocycles. The minimum Gasteiger partial charge on any atom is -0.403 e. The minimum absolute atomic E-state index is 0.0825. The number of nitrogens with one attached hydrogen (secondary N) is 1. The van der Waals surface area contributed by atoms with Crippen LogP contribution in [0.2, 0.25) is 0 Å². The molecule has 24 heavy (non-hydrogen) atoms. The summed E-state index contributed by atoms with van der Waals surface area (Å²) in [6.45, 7) is 1.78. The Kier molecular flexibility index (Phi) is 5.50. The zero-order valence-corrected chi connectivity index (χ0v) is 16.0. The van der Waals surface area contributed by atoms with Gasteiger partial charge in [-0.1, -0.05) is 33.6 Å². The molecule has 0 aliphatic rings. The van der Waals surface area contributed by atoms with E-state index in [1.54, 1.807) is 19.1 Å². The third kappa shape index (κ3) is 4.87. The summed E-state index contributed by atoms with van der Waals surface area (Å²) in [6, 6.07) is 8.29. The number of aryl methyl sites for hydroxylation is 1. The van der Waals surface area contributed by atoms with Crippen molar-refractivity contribution in [3.8, 4) is 5.75 Å². The van der Waals surface area contributed by atoms with Gasteiger partial charge in [-0.15, -0.1) is 13.2 Å². The predicted molar refractivity (Wildman–Crippen MR) is 90.5 cm³/mol. The quantitative estimate of drug-likeness (QED) is 0.641. The molecule has 0 atom stereocenters. The molecule has 130 valence electrons. The van der Waals surface area contributed by atoms with Gasteiger partial charge in [0.25, 0.3) is 10.0 Å². The molecule has 0 unspecified atom stereocenters. The molecular formula is C14H10Br2F3NO3S. The third-order valence-electron chi connectivity index (χ3n) is 2.81. The van der Waals surface area contributed by atoms with Gasteiger partial charge in [-0.2, -0.15) is 0 Å². The molecule has 2 rings (SSSR count). The van der Waals surface area contributed by atoms with E-state index in [0.717, 1.165) is 11.6 Å². The molecule has 0 saturated heterocycles. The van der Waals surface area contributed by atoms with Crippen LogP contribution in [0, 0.1) is 6.92 Å². The van der Waals surface area contributed by atoms with E-state index < -0.39 is 22.1 Å². The molecule has 2 aromatic carbocycles. The van der Waals surface area contributed by atoms with Gasteiger partial charge in [-0.3, -0.25) is 4.72 Å². The van der Waals surface area contributed by atoms with Crippen LogP contribution >= 0.6 is 31.9 Å². The van der Waals surface area contributed by atoms with E-state index in [1.807, 2.05) is 0 Å². The van der Waals surface area contributed by atoms with Gasteiger partial charge in [0.15, 0.2) is 5.75 Å². The lowest BCUT2D eigenvalue weighted by Crippen LogP contribution is -2.20. The number of ether oxygens (including phenoxy) is 1. The first-order valence-electron chi connectivity index (χ1n) is 6.32. The van der Waals surface area contributed by atoms with Crippen LogP contribution in [0.4, 0.5) is 18.9 Å². The van der Waals surface area contributed by atoms with Gasteiger partial charge in [-0.05, 0) is 47.1 Å². The predicted octanol–water partition coefficient (Wildman–Crippen LogP) is 5.22. The summed E-state index contributed by atoms with van der Waals surface area (Å²) in [5, 5.41) is 0. The van der Waals surface area contributed by atoms with Crippen molar-refractivity contribution in [2.75, 3.05) is 4.72 Å². The van der Waals surface area contributed by atoms with Gasteiger partial charge in [0, 0.05) is 8.95 Å². The lowest BCUT2D eigenvalue weighted by molar-refractivity contribution is -0.274. The summed E-state index contributed by atoms with van der Waals surface area (Å²) in [6.07, 6.45) is -4.97. The van der Waals surface area contributed by atoms with Gasteiger partial charge < -0.3 is 4.74 Å². The van der Waals surface area contributed by atoms with Gasteiger partial charge in [0.05, 0.1) is 4.90 Å². The first-order valence-corrected chi connectivity index (χ1v) is 9.39. The molecule has 0 aromatic heterocycles. The van der Waals surface area contributed by atoms with Crippen molar-refractivity contribution in [3.63, 3.8) is 0 Å². The summed E-state index contributed by atoms with van der Waals surface area (Å²) >= 11 is 6.07. The second-order valence-electron chi connectivity index (χ2n) is 4.73. The van der Waals surface area contributed by atoms with Crippen molar-refractivity contribution in [2.24, 2.45) is 0 Å². The Morgan fingerprint density at radius 2 is 1.67 bits per heavy atom. The molecule has 0 amide bonds. The van der Waals surface area contributed by atoms with Gasteiger partial charge in [-0.25, -0.2) is 8.42 Å². The van der Waals surface area contributed by atoms with Gasteiger partial charge in [0.1, 0.15) is 5.69 Å². The zero-order valence-electron chi connectivity index (χ0n) is 12.0. The van der Waals surface area contributed by atoms with E-state index in [-0.39, 0.29) is 19.5 Å². The Balaban J connectivity index is 2.46. The fourth-order valence-electron chi connectivity index (χ4n) is 1.76. The third-order valence-corrected chi connectivity index (χ3v) is 5.26. The van der Waals surface area contributed by atoms with E-state index in [1.165, 1.54) is 18.2 Å². The number of rotatable bonds is 4.